The lowest BCUT2D eigenvalue weighted by Gasteiger charge is -2.19. The SMILES string of the molecule is CCCNc1ccc(C(=O)NC2CCC(C)C2C)nn1. The molecular formula is C15H24N4O. The molecule has 1 fully saturated rings. The van der Waals surface area contributed by atoms with Gasteiger partial charge in [0.1, 0.15) is 5.82 Å². The molecule has 0 spiro atoms. The van der Waals surface area contributed by atoms with Crippen LogP contribution in [0.4, 0.5) is 5.82 Å². The van der Waals surface area contributed by atoms with Crippen LogP contribution in [0.15, 0.2) is 12.1 Å². The Hall–Kier alpha value is -1.65. The van der Waals surface area contributed by atoms with Crippen molar-refractivity contribution in [2.45, 2.75) is 46.1 Å². The molecule has 0 bridgehead atoms. The first-order valence-electron chi connectivity index (χ1n) is 7.50. The molecule has 1 amide bonds. The number of nitrogens with zero attached hydrogens (tertiary/aromatic N) is 2. The summed E-state index contributed by atoms with van der Waals surface area (Å²) in [4.78, 5) is 12.1. The molecule has 3 unspecified atom stereocenters. The second-order valence-electron chi connectivity index (χ2n) is 5.72. The van der Waals surface area contributed by atoms with Crippen molar-refractivity contribution in [3.8, 4) is 0 Å². The van der Waals surface area contributed by atoms with Crippen LogP contribution in [0.2, 0.25) is 0 Å². The van der Waals surface area contributed by atoms with E-state index in [1.807, 2.05) is 0 Å². The van der Waals surface area contributed by atoms with Gasteiger partial charge in [-0.1, -0.05) is 20.8 Å². The van der Waals surface area contributed by atoms with Gasteiger partial charge in [0.25, 0.3) is 5.91 Å². The number of carbonyl (C=O) groups is 1. The Morgan fingerprint density at radius 1 is 1.30 bits per heavy atom. The predicted molar refractivity (Wildman–Crippen MR) is 79.6 cm³/mol. The normalized spacial score (nSPS) is 25.4. The van der Waals surface area contributed by atoms with Gasteiger partial charge in [-0.15, -0.1) is 10.2 Å². The average molecular weight is 276 g/mol. The van der Waals surface area contributed by atoms with Crippen molar-refractivity contribution < 1.29 is 4.79 Å². The number of rotatable bonds is 5. The van der Waals surface area contributed by atoms with Gasteiger partial charge >= 0.3 is 0 Å². The average Bonchev–Trinajstić information content (AvgIpc) is 2.77. The van der Waals surface area contributed by atoms with Crippen LogP contribution >= 0.6 is 0 Å². The minimum absolute atomic E-state index is 0.120. The van der Waals surface area contributed by atoms with E-state index in [9.17, 15) is 4.79 Å². The fraction of sp³-hybridized carbons (Fsp3) is 0.667. The molecule has 5 nitrogen and oxygen atoms in total. The Labute approximate surface area is 120 Å². The minimum Gasteiger partial charge on any atom is -0.369 e. The van der Waals surface area contributed by atoms with Crippen molar-refractivity contribution in [2.24, 2.45) is 11.8 Å². The molecule has 1 aromatic rings. The van der Waals surface area contributed by atoms with E-state index in [-0.39, 0.29) is 11.9 Å². The summed E-state index contributed by atoms with van der Waals surface area (Å²) in [6, 6.07) is 3.79. The van der Waals surface area contributed by atoms with E-state index >= 15 is 0 Å². The van der Waals surface area contributed by atoms with Crippen molar-refractivity contribution in [2.75, 3.05) is 11.9 Å². The molecule has 0 aromatic carbocycles. The molecule has 0 aliphatic heterocycles. The number of amides is 1. The molecule has 5 heteroatoms. The molecule has 1 saturated carbocycles. The highest BCUT2D eigenvalue weighted by atomic mass is 16.2. The van der Waals surface area contributed by atoms with Crippen LogP contribution in [0, 0.1) is 11.8 Å². The first kappa shape index (κ1) is 14.8. The largest absolute Gasteiger partial charge is 0.369 e. The van der Waals surface area contributed by atoms with E-state index in [1.165, 1.54) is 6.42 Å². The van der Waals surface area contributed by atoms with Gasteiger partial charge in [0.05, 0.1) is 0 Å². The summed E-state index contributed by atoms with van der Waals surface area (Å²) in [6.07, 6.45) is 3.26. The molecule has 2 rings (SSSR count). The molecule has 1 aliphatic carbocycles. The quantitative estimate of drug-likeness (QED) is 0.867. The monoisotopic (exact) mass is 276 g/mol. The summed E-state index contributed by atoms with van der Waals surface area (Å²) < 4.78 is 0. The summed E-state index contributed by atoms with van der Waals surface area (Å²) in [7, 11) is 0. The third kappa shape index (κ3) is 3.46. The lowest BCUT2D eigenvalue weighted by molar-refractivity contribution is 0.0921. The number of nitrogens with one attached hydrogen (secondary N) is 2. The van der Waals surface area contributed by atoms with E-state index < -0.39 is 0 Å². The van der Waals surface area contributed by atoms with Crippen LogP contribution in [0.3, 0.4) is 0 Å². The van der Waals surface area contributed by atoms with Crippen molar-refractivity contribution in [3.63, 3.8) is 0 Å². The van der Waals surface area contributed by atoms with E-state index in [2.05, 4.69) is 41.6 Å². The fourth-order valence-electron chi connectivity index (χ4n) is 2.61. The highest BCUT2D eigenvalue weighted by Crippen LogP contribution is 2.31. The lowest BCUT2D eigenvalue weighted by Crippen LogP contribution is -2.37. The Morgan fingerprint density at radius 3 is 2.65 bits per heavy atom. The highest BCUT2D eigenvalue weighted by Gasteiger charge is 2.31. The van der Waals surface area contributed by atoms with Crippen LogP contribution in [-0.2, 0) is 0 Å². The Balaban J connectivity index is 1.92. The fourth-order valence-corrected chi connectivity index (χ4v) is 2.61. The Morgan fingerprint density at radius 2 is 2.10 bits per heavy atom. The molecule has 1 aliphatic rings. The molecule has 1 heterocycles. The summed E-state index contributed by atoms with van der Waals surface area (Å²) in [5.41, 5.74) is 0.388. The van der Waals surface area contributed by atoms with E-state index in [1.54, 1.807) is 12.1 Å². The first-order valence-corrected chi connectivity index (χ1v) is 7.50. The van der Waals surface area contributed by atoms with Gasteiger partial charge in [0.15, 0.2) is 5.69 Å². The van der Waals surface area contributed by atoms with Crippen molar-refractivity contribution in [3.05, 3.63) is 17.8 Å². The predicted octanol–water partition coefficient (Wildman–Crippen LogP) is 2.46. The third-order valence-corrected chi connectivity index (χ3v) is 4.24. The van der Waals surface area contributed by atoms with Crippen molar-refractivity contribution in [1.29, 1.82) is 0 Å². The van der Waals surface area contributed by atoms with Gasteiger partial charge in [0.2, 0.25) is 0 Å². The second kappa shape index (κ2) is 6.68. The molecule has 0 radical (unpaired) electrons. The van der Waals surface area contributed by atoms with Crippen LogP contribution < -0.4 is 10.6 Å². The van der Waals surface area contributed by atoms with Gasteiger partial charge in [-0.05, 0) is 43.2 Å². The van der Waals surface area contributed by atoms with E-state index in [0.717, 1.165) is 19.4 Å². The Kier molecular flexibility index (Phi) is 4.93. The molecule has 0 saturated heterocycles. The van der Waals surface area contributed by atoms with Gasteiger partial charge in [-0.2, -0.15) is 0 Å². The lowest BCUT2D eigenvalue weighted by atomic mass is 9.98. The Bertz CT molecular complexity index is 446. The number of anilines is 1. The minimum atomic E-state index is -0.120. The van der Waals surface area contributed by atoms with Gasteiger partial charge in [-0.25, -0.2) is 0 Å². The maximum absolute atomic E-state index is 12.1. The van der Waals surface area contributed by atoms with Gasteiger partial charge in [0, 0.05) is 12.6 Å². The topological polar surface area (TPSA) is 66.9 Å². The van der Waals surface area contributed by atoms with Crippen LogP contribution in [0.5, 0.6) is 0 Å². The molecular weight excluding hydrogens is 252 g/mol. The zero-order valence-corrected chi connectivity index (χ0v) is 12.5. The second-order valence-corrected chi connectivity index (χ2v) is 5.72. The standard InChI is InChI=1S/C15H24N4O/c1-4-9-16-14-8-7-13(18-19-14)15(20)17-12-6-5-10(2)11(12)3/h7-8,10-12H,4-6,9H2,1-3H3,(H,16,19)(H,17,20). The van der Waals surface area contributed by atoms with Crippen molar-refractivity contribution >= 4 is 11.7 Å². The van der Waals surface area contributed by atoms with E-state index in [4.69, 9.17) is 0 Å². The summed E-state index contributed by atoms with van der Waals surface area (Å²) in [5, 5.41) is 14.2. The van der Waals surface area contributed by atoms with E-state index in [0.29, 0.717) is 23.3 Å². The zero-order chi connectivity index (χ0) is 14.5. The van der Waals surface area contributed by atoms with Gasteiger partial charge in [-0.3, -0.25) is 4.79 Å². The number of hydrogen-bond acceptors (Lipinski definition) is 4. The number of aromatic nitrogens is 2. The van der Waals surface area contributed by atoms with Crippen molar-refractivity contribution in [1.82, 2.24) is 15.5 Å². The van der Waals surface area contributed by atoms with Gasteiger partial charge < -0.3 is 10.6 Å². The van der Waals surface area contributed by atoms with Crippen LogP contribution in [-0.4, -0.2) is 28.7 Å². The summed E-state index contributed by atoms with van der Waals surface area (Å²) in [6.45, 7) is 7.39. The summed E-state index contributed by atoms with van der Waals surface area (Å²) >= 11 is 0. The molecule has 3 atom stereocenters. The third-order valence-electron chi connectivity index (χ3n) is 4.24. The molecule has 110 valence electrons. The zero-order valence-electron chi connectivity index (χ0n) is 12.5. The molecule has 20 heavy (non-hydrogen) atoms. The smallest absolute Gasteiger partial charge is 0.272 e. The summed E-state index contributed by atoms with van der Waals surface area (Å²) in [5.74, 6) is 1.79. The molecule has 2 N–H and O–H groups in total. The van der Waals surface area contributed by atoms with Crippen LogP contribution in [0.25, 0.3) is 0 Å². The molecule has 1 aromatic heterocycles. The number of hydrogen-bond donors (Lipinski definition) is 2. The highest BCUT2D eigenvalue weighted by molar-refractivity contribution is 5.92. The maximum atomic E-state index is 12.1. The maximum Gasteiger partial charge on any atom is 0.272 e. The first-order chi connectivity index (χ1) is 9.61. The number of carbonyl (C=O) groups excluding carboxylic acids is 1. The van der Waals surface area contributed by atoms with Crippen LogP contribution in [0.1, 0.15) is 50.5 Å².